The maximum absolute atomic E-state index is 12.6. The Labute approximate surface area is 95.4 Å². The van der Waals surface area contributed by atoms with E-state index in [2.05, 4.69) is 0 Å². The topological polar surface area (TPSA) is 17.1 Å². The van der Waals surface area contributed by atoms with Crippen molar-refractivity contribution >= 4 is 17.6 Å². The summed E-state index contributed by atoms with van der Waals surface area (Å²) >= 11 is 1.25. The molecule has 0 unspecified atom stereocenters. The summed E-state index contributed by atoms with van der Waals surface area (Å²) in [4.78, 5) is 10.5. The quantitative estimate of drug-likeness (QED) is 0.733. The van der Waals surface area contributed by atoms with Gasteiger partial charge in [-0.1, -0.05) is 24.3 Å². The molecule has 1 aromatic heterocycles. The Bertz CT molecular complexity index is 488. The standard InChI is InChI=1S/C12H8F2OS/c13-12(14)11-7-16-6-10(11)9-3-1-8(5-15)2-4-9/h1-7,12H. The van der Waals surface area contributed by atoms with E-state index in [1.54, 1.807) is 29.6 Å². The highest BCUT2D eigenvalue weighted by Gasteiger charge is 2.14. The van der Waals surface area contributed by atoms with Crippen LogP contribution in [0.1, 0.15) is 22.3 Å². The summed E-state index contributed by atoms with van der Waals surface area (Å²) in [5.74, 6) is 0. The smallest absolute Gasteiger partial charge is 0.265 e. The summed E-state index contributed by atoms with van der Waals surface area (Å²) in [6, 6.07) is 6.60. The highest BCUT2D eigenvalue weighted by molar-refractivity contribution is 7.08. The van der Waals surface area contributed by atoms with Crippen molar-refractivity contribution in [2.24, 2.45) is 0 Å². The van der Waals surface area contributed by atoms with E-state index in [-0.39, 0.29) is 5.56 Å². The zero-order valence-electron chi connectivity index (χ0n) is 8.19. The molecule has 1 aromatic carbocycles. The Morgan fingerprint density at radius 2 is 1.81 bits per heavy atom. The molecule has 4 heteroatoms. The second-order valence-electron chi connectivity index (χ2n) is 3.28. The van der Waals surface area contributed by atoms with E-state index < -0.39 is 6.43 Å². The Morgan fingerprint density at radius 3 is 2.38 bits per heavy atom. The number of thiophene rings is 1. The molecule has 2 rings (SSSR count). The van der Waals surface area contributed by atoms with Gasteiger partial charge in [0.1, 0.15) is 6.29 Å². The number of alkyl halides is 2. The van der Waals surface area contributed by atoms with E-state index in [9.17, 15) is 13.6 Å². The summed E-state index contributed by atoms with van der Waals surface area (Å²) < 4.78 is 25.3. The Kier molecular flexibility index (Phi) is 3.10. The molecule has 0 saturated heterocycles. The molecule has 0 aliphatic rings. The van der Waals surface area contributed by atoms with Crippen LogP contribution in [0.25, 0.3) is 11.1 Å². The fourth-order valence-electron chi connectivity index (χ4n) is 1.45. The number of aldehydes is 1. The van der Waals surface area contributed by atoms with Crippen LogP contribution in [0.5, 0.6) is 0 Å². The van der Waals surface area contributed by atoms with Gasteiger partial charge in [-0.2, -0.15) is 11.3 Å². The molecule has 82 valence electrons. The maximum Gasteiger partial charge on any atom is 0.265 e. The fourth-order valence-corrected chi connectivity index (χ4v) is 2.30. The van der Waals surface area contributed by atoms with E-state index in [1.165, 1.54) is 16.7 Å². The number of halogens is 2. The third kappa shape index (κ3) is 2.02. The second kappa shape index (κ2) is 4.53. The predicted molar refractivity (Wildman–Crippen MR) is 60.1 cm³/mol. The van der Waals surface area contributed by atoms with Gasteiger partial charge in [0.15, 0.2) is 0 Å². The van der Waals surface area contributed by atoms with Crippen LogP contribution in [0.4, 0.5) is 8.78 Å². The van der Waals surface area contributed by atoms with Gasteiger partial charge in [0.2, 0.25) is 0 Å². The van der Waals surface area contributed by atoms with Crippen LogP contribution >= 0.6 is 11.3 Å². The van der Waals surface area contributed by atoms with E-state index in [4.69, 9.17) is 0 Å². The van der Waals surface area contributed by atoms with Gasteiger partial charge >= 0.3 is 0 Å². The van der Waals surface area contributed by atoms with Gasteiger partial charge in [-0.15, -0.1) is 0 Å². The average Bonchev–Trinajstić information content (AvgIpc) is 2.78. The SMILES string of the molecule is O=Cc1ccc(-c2cscc2C(F)F)cc1. The van der Waals surface area contributed by atoms with Gasteiger partial charge in [-0.3, -0.25) is 4.79 Å². The maximum atomic E-state index is 12.6. The third-order valence-electron chi connectivity index (χ3n) is 2.28. The van der Waals surface area contributed by atoms with Crippen LogP contribution in [0.3, 0.4) is 0 Å². The lowest BCUT2D eigenvalue weighted by Crippen LogP contribution is -1.85. The van der Waals surface area contributed by atoms with Crippen LogP contribution in [0, 0.1) is 0 Å². The summed E-state index contributed by atoms with van der Waals surface area (Å²) in [7, 11) is 0. The van der Waals surface area contributed by atoms with Crippen LogP contribution in [-0.4, -0.2) is 6.29 Å². The molecule has 1 nitrogen and oxygen atoms in total. The zero-order valence-corrected chi connectivity index (χ0v) is 9.01. The molecule has 0 radical (unpaired) electrons. The van der Waals surface area contributed by atoms with Crippen LogP contribution in [0.15, 0.2) is 35.0 Å². The number of benzene rings is 1. The molecule has 0 N–H and O–H groups in total. The van der Waals surface area contributed by atoms with E-state index >= 15 is 0 Å². The first-order valence-electron chi connectivity index (χ1n) is 4.62. The monoisotopic (exact) mass is 238 g/mol. The zero-order chi connectivity index (χ0) is 11.5. The minimum Gasteiger partial charge on any atom is -0.298 e. The first kappa shape index (κ1) is 11.0. The lowest BCUT2D eigenvalue weighted by molar-refractivity contribution is 0.112. The number of carbonyl (C=O) groups excluding carboxylic acids is 1. The highest BCUT2D eigenvalue weighted by atomic mass is 32.1. The molecule has 0 atom stereocenters. The van der Waals surface area contributed by atoms with Gasteiger partial charge in [-0.05, 0) is 10.9 Å². The second-order valence-corrected chi connectivity index (χ2v) is 4.02. The molecule has 0 saturated carbocycles. The Hall–Kier alpha value is -1.55. The molecule has 2 aromatic rings. The van der Waals surface area contributed by atoms with Gasteiger partial charge in [0, 0.05) is 22.1 Å². The molecule has 0 bridgehead atoms. The average molecular weight is 238 g/mol. The van der Waals surface area contributed by atoms with Crippen molar-refractivity contribution in [1.82, 2.24) is 0 Å². The molecular formula is C12H8F2OS. The first-order chi connectivity index (χ1) is 7.72. The summed E-state index contributed by atoms with van der Waals surface area (Å²) in [5, 5.41) is 3.14. The lowest BCUT2D eigenvalue weighted by Gasteiger charge is -2.03. The van der Waals surface area contributed by atoms with Crippen molar-refractivity contribution in [2.45, 2.75) is 6.43 Å². The number of rotatable bonds is 3. The number of carbonyl (C=O) groups is 1. The molecular weight excluding hydrogens is 230 g/mol. The van der Waals surface area contributed by atoms with Gasteiger partial charge in [-0.25, -0.2) is 8.78 Å². The molecule has 1 heterocycles. The van der Waals surface area contributed by atoms with Crippen LogP contribution in [-0.2, 0) is 0 Å². The first-order valence-corrected chi connectivity index (χ1v) is 5.56. The van der Waals surface area contributed by atoms with E-state index in [0.29, 0.717) is 16.7 Å². The minimum absolute atomic E-state index is 0.0452. The molecule has 16 heavy (non-hydrogen) atoms. The fraction of sp³-hybridized carbons (Fsp3) is 0.0833. The van der Waals surface area contributed by atoms with Crippen molar-refractivity contribution in [3.05, 3.63) is 46.2 Å². The molecule has 0 amide bonds. The van der Waals surface area contributed by atoms with Crippen LogP contribution < -0.4 is 0 Å². The molecule has 0 spiro atoms. The molecule has 0 fully saturated rings. The third-order valence-corrected chi connectivity index (χ3v) is 3.05. The van der Waals surface area contributed by atoms with Crippen molar-refractivity contribution in [3.8, 4) is 11.1 Å². The summed E-state index contributed by atoms with van der Waals surface area (Å²) in [6.45, 7) is 0. The molecule has 0 aliphatic heterocycles. The largest absolute Gasteiger partial charge is 0.298 e. The Balaban J connectivity index is 2.42. The van der Waals surface area contributed by atoms with Crippen LogP contribution in [0.2, 0.25) is 0 Å². The van der Waals surface area contributed by atoms with Crippen molar-refractivity contribution in [1.29, 1.82) is 0 Å². The minimum atomic E-state index is -2.47. The number of hydrogen-bond acceptors (Lipinski definition) is 2. The predicted octanol–water partition coefficient (Wildman–Crippen LogP) is 4.17. The molecule has 0 aliphatic carbocycles. The van der Waals surface area contributed by atoms with Crippen molar-refractivity contribution in [2.75, 3.05) is 0 Å². The highest BCUT2D eigenvalue weighted by Crippen LogP contribution is 2.34. The Morgan fingerprint density at radius 1 is 1.12 bits per heavy atom. The normalized spacial score (nSPS) is 10.7. The lowest BCUT2D eigenvalue weighted by atomic mass is 10.0. The van der Waals surface area contributed by atoms with Crippen molar-refractivity contribution < 1.29 is 13.6 Å². The number of hydrogen-bond donors (Lipinski definition) is 0. The summed E-state index contributed by atoms with van der Waals surface area (Å²) in [6.07, 6.45) is -1.74. The van der Waals surface area contributed by atoms with Gasteiger partial charge in [0.05, 0.1) is 0 Å². The summed E-state index contributed by atoms with van der Waals surface area (Å²) in [5.41, 5.74) is 1.83. The van der Waals surface area contributed by atoms with E-state index in [0.717, 1.165) is 6.29 Å². The van der Waals surface area contributed by atoms with Gasteiger partial charge < -0.3 is 0 Å². The van der Waals surface area contributed by atoms with Crippen molar-refractivity contribution in [3.63, 3.8) is 0 Å². The van der Waals surface area contributed by atoms with E-state index in [1.807, 2.05) is 0 Å². The van der Waals surface area contributed by atoms with Gasteiger partial charge in [0.25, 0.3) is 6.43 Å².